The van der Waals surface area contributed by atoms with Crippen LogP contribution in [0.4, 0.5) is 5.82 Å². The predicted molar refractivity (Wildman–Crippen MR) is 95.2 cm³/mol. The fourth-order valence-electron chi connectivity index (χ4n) is 2.96. The van der Waals surface area contributed by atoms with E-state index >= 15 is 0 Å². The first-order chi connectivity index (χ1) is 12.1. The quantitative estimate of drug-likeness (QED) is 0.669. The van der Waals surface area contributed by atoms with E-state index in [0.717, 1.165) is 5.56 Å². The molecule has 0 saturated heterocycles. The van der Waals surface area contributed by atoms with Gasteiger partial charge in [0.1, 0.15) is 18.8 Å². The molecule has 1 aliphatic rings. The summed E-state index contributed by atoms with van der Waals surface area (Å²) in [7, 11) is -1.70. The summed E-state index contributed by atoms with van der Waals surface area (Å²) >= 11 is 6.34. The molecule has 0 bridgehead atoms. The molecular weight excluding hydrogens is 342 g/mol. The summed E-state index contributed by atoms with van der Waals surface area (Å²) in [6, 6.07) is 5.43. The highest BCUT2D eigenvalue weighted by Gasteiger charge is 2.27. The van der Waals surface area contributed by atoms with Crippen LogP contribution >= 0.6 is 11.6 Å². The molecule has 1 aliphatic heterocycles. The molecule has 3 aromatic rings. The van der Waals surface area contributed by atoms with Crippen LogP contribution in [-0.4, -0.2) is 45.3 Å². The molecule has 7 nitrogen and oxygen atoms in total. The van der Waals surface area contributed by atoms with E-state index in [2.05, 4.69) is 19.9 Å². The molecule has 4 rings (SSSR count). The Morgan fingerprint density at radius 3 is 2.96 bits per heavy atom. The fraction of sp³-hybridized carbons (Fsp3) is 0.188. The Hall–Kier alpha value is -2.42. The second kappa shape index (κ2) is 6.47. The summed E-state index contributed by atoms with van der Waals surface area (Å²) < 4.78 is 5.82. The van der Waals surface area contributed by atoms with Gasteiger partial charge in [0.15, 0.2) is 5.75 Å². The van der Waals surface area contributed by atoms with Crippen molar-refractivity contribution in [2.75, 3.05) is 18.1 Å². The van der Waals surface area contributed by atoms with E-state index in [-0.39, 0.29) is 10.5 Å². The minimum Gasteiger partial charge on any atom is -0.489 e. The Morgan fingerprint density at radius 2 is 2.20 bits per heavy atom. The van der Waals surface area contributed by atoms with Gasteiger partial charge in [0.2, 0.25) is 0 Å². The van der Waals surface area contributed by atoms with Crippen molar-refractivity contribution in [1.29, 1.82) is 0 Å². The maximum atomic E-state index is 9.54. The third-order valence-electron chi connectivity index (χ3n) is 4.11. The molecule has 0 spiro atoms. The SMILES string of the molecule is OB(O)c1cc2ncnc3c2c(c1Cl)OCCN3Cc1cccnc1. The second-order valence-corrected chi connectivity index (χ2v) is 6.08. The van der Waals surface area contributed by atoms with E-state index < -0.39 is 7.12 Å². The van der Waals surface area contributed by atoms with Crippen LogP contribution in [0.15, 0.2) is 36.9 Å². The number of halogens is 1. The van der Waals surface area contributed by atoms with Crippen molar-refractivity contribution in [2.45, 2.75) is 6.54 Å². The first-order valence-electron chi connectivity index (χ1n) is 7.75. The molecule has 0 atom stereocenters. The van der Waals surface area contributed by atoms with E-state index in [9.17, 15) is 10.0 Å². The summed E-state index contributed by atoms with van der Waals surface area (Å²) in [6.45, 7) is 1.60. The van der Waals surface area contributed by atoms with Gasteiger partial charge in [-0.15, -0.1) is 0 Å². The summed E-state index contributed by atoms with van der Waals surface area (Å²) in [5.74, 6) is 1.08. The standard InChI is InChI=1S/C16H14BClN4O3/c18-14-11(17(23)24)6-12-13-15(14)25-5-4-22(16(13)21-9-20-12)8-10-2-1-3-19-7-10/h1-3,6-7,9,23-24H,4-5,8H2. The number of hydrogen-bond donors (Lipinski definition) is 2. The zero-order valence-corrected chi connectivity index (χ0v) is 13.9. The van der Waals surface area contributed by atoms with Gasteiger partial charge in [-0.2, -0.15) is 0 Å². The van der Waals surface area contributed by atoms with Crippen LogP contribution in [0.5, 0.6) is 5.75 Å². The van der Waals surface area contributed by atoms with Gasteiger partial charge in [0.05, 0.1) is 22.5 Å². The molecule has 126 valence electrons. The molecule has 2 N–H and O–H groups in total. The van der Waals surface area contributed by atoms with Crippen LogP contribution in [0.2, 0.25) is 5.02 Å². The highest BCUT2D eigenvalue weighted by molar-refractivity contribution is 6.63. The third kappa shape index (κ3) is 2.88. The second-order valence-electron chi connectivity index (χ2n) is 5.71. The molecule has 0 aliphatic carbocycles. The highest BCUT2D eigenvalue weighted by atomic mass is 35.5. The molecule has 0 saturated carbocycles. The van der Waals surface area contributed by atoms with Gasteiger partial charge < -0.3 is 19.7 Å². The Balaban J connectivity index is 1.87. The van der Waals surface area contributed by atoms with Crippen molar-refractivity contribution in [3.05, 3.63) is 47.5 Å². The average molecular weight is 357 g/mol. The largest absolute Gasteiger partial charge is 0.490 e. The number of ether oxygens (including phenoxy) is 1. The topological polar surface area (TPSA) is 91.6 Å². The van der Waals surface area contributed by atoms with Crippen molar-refractivity contribution in [2.24, 2.45) is 0 Å². The number of rotatable bonds is 3. The van der Waals surface area contributed by atoms with Crippen molar-refractivity contribution in [3.8, 4) is 5.75 Å². The first kappa shape index (κ1) is 16.1. The molecule has 0 unspecified atom stereocenters. The normalized spacial score (nSPS) is 13.5. The van der Waals surface area contributed by atoms with Gasteiger partial charge >= 0.3 is 7.12 Å². The van der Waals surface area contributed by atoms with Crippen LogP contribution < -0.4 is 15.1 Å². The van der Waals surface area contributed by atoms with Crippen LogP contribution in [0, 0.1) is 0 Å². The van der Waals surface area contributed by atoms with Crippen LogP contribution in [0.1, 0.15) is 5.56 Å². The lowest BCUT2D eigenvalue weighted by molar-refractivity contribution is 0.331. The molecule has 25 heavy (non-hydrogen) atoms. The Kier molecular flexibility index (Phi) is 4.16. The lowest BCUT2D eigenvalue weighted by Gasteiger charge is -2.22. The Morgan fingerprint density at radius 1 is 1.32 bits per heavy atom. The molecule has 9 heteroatoms. The van der Waals surface area contributed by atoms with E-state index in [1.54, 1.807) is 12.3 Å². The molecule has 3 heterocycles. The minimum absolute atomic E-state index is 0.162. The molecule has 0 fully saturated rings. The van der Waals surface area contributed by atoms with Crippen LogP contribution in [0.3, 0.4) is 0 Å². The maximum Gasteiger partial charge on any atom is 0.490 e. The van der Waals surface area contributed by atoms with Crippen molar-refractivity contribution >= 4 is 40.9 Å². The lowest BCUT2D eigenvalue weighted by Crippen LogP contribution is -2.31. The average Bonchev–Trinajstić information content (AvgIpc) is 2.80. The van der Waals surface area contributed by atoms with Gasteiger partial charge in [0, 0.05) is 24.4 Å². The highest BCUT2D eigenvalue weighted by Crippen LogP contribution is 2.38. The van der Waals surface area contributed by atoms with Crippen LogP contribution in [-0.2, 0) is 6.54 Å². The zero-order chi connectivity index (χ0) is 17.4. The summed E-state index contributed by atoms with van der Waals surface area (Å²) in [4.78, 5) is 14.9. The number of nitrogens with zero attached hydrogens (tertiary/aromatic N) is 4. The number of benzene rings is 1. The van der Waals surface area contributed by atoms with Crippen molar-refractivity contribution < 1.29 is 14.8 Å². The predicted octanol–water partition coefficient (Wildman–Crippen LogP) is 0.757. The third-order valence-corrected chi connectivity index (χ3v) is 4.50. The molecule has 2 aromatic heterocycles. The molecule has 0 radical (unpaired) electrons. The van der Waals surface area contributed by atoms with E-state index in [1.807, 2.05) is 18.3 Å². The van der Waals surface area contributed by atoms with Gasteiger partial charge in [-0.25, -0.2) is 9.97 Å². The molecule has 0 amide bonds. The molecule has 1 aromatic carbocycles. The number of aromatic nitrogens is 3. The summed E-state index contributed by atoms with van der Waals surface area (Å²) in [5, 5.41) is 19.9. The Bertz CT molecular complexity index is 926. The maximum absolute atomic E-state index is 9.54. The van der Waals surface area contributed by atoms with Gasteiger partial charge in [0.25, 0.3) is 0 Å². The fourth-order valence-corrected chi connectivity index (χ4v) is 3.26. The van der Waals surface area contributed by atoms with E-state index in [0.29, 0.717) is 42.2 Å². The van der Waals surface area contributed by atoms with Gasteiger partial charge in [-0.3, -0.25) is 4.98 Å². The minimum atomic E-state index is -1.70. The Labute approximate surface area is 149 Å². The molecular formula is C16H14BClN4O3. The van der Waals surface area contributed by atoms with Gasteiger partial charge in [-0.1, -0.05) is 17.7 Å². The van der Waals surface area contributed by atoms with Crippen LogP contribution in [0.25, 0.3) is 10.9 Å². The number of hydrogen-bond acceptors (Lipinski definition) is 7. The summed E-state index contributed by atoms with van der Waals surface area (Å²) in [6.07, 6.45) is 4.99. The smallest absolute Gasteiger partial charge is 0.489 e. The lowest BCUT2D eigenvalue weighted by atomic mass is 9.79. The first-order valence-corrected chi connectivity index (χ1v) is 8.13. The van der Waals surface area contributed by atoms with Crippen molar-refractivity contribution in [1.82, 2.24) is 15.0 Å². The monoisotopic (exact) mass is 356 g/mol. The van der Waals surface area contributed by atoms with E-state index in [1.165, 1.54) is 6.33 Å². The zero-order valence-electron chi connectivity index (χ0n) is 13.1. The van der Waals surface area contributed by atoms with Crippen molar-refractivity contribution in [3.63, 3.8) is 0 Å². The number of pyridine rings is 1. The van der Waals surface area contributed by atoms with E-state index in [4.69, 9.17) is 16.3 Å². The summed E-state index contributed by atoms with van der Waals surface area (Å²) in [5.41, 5.74) is 1.76. The number of anilines is 1. The van der Waals surface area contributed by atoms with Gasteiger partial charge in [-0.05, 0) is 17.7 Å².